The molecule has 7 heteroatoms. The number of pyridine rings is 1. The lowest BCUT2D eigenvalue weighted by Crippen LogP contribution is -2.23. The average molecular weight is 345 g/mol. The van der Waals surface area contributed by atoms with Gasteiger partial charge in [0.15, 0.2) is 0 Å². The number of rotatable bonds is 6. The molecule has 6 nitrogen and oxygen atoms in total. The van der Waals surface area contributed by atoms with Crippen molar-refractivity contribution in [2.24, 2.45) is 5.10 Å². The summed E-state index contributed by atoms with van der Waals surface area (Å²) in [5, 5.41) is 7.05. The van der Waals surface area contributed by atoms with Gasteiger partial charge >= 0.3 is 0 Å². The maximum atomic E-state index is 11.9. The predicted octanol–water partition coefficient (Wildman–Crippen LogP) is 2.80. The third-order valence-corrected chi connectivity index (χ3v) is 3.21. The maximum Gasteiger partial charge on any atom is 0.244 e. The summed E-state index contributed by atoms with van der Waals surface area (Å²) < 4.78 is 0. The lowest BCUT2D eigenvalue weighted by molar-refractivity contribution is -0.120. The van der Waals surface area contributed by atoms with E-state index in [0.29, 0.717) is 16.6 Å². The minimum absolute atomic E-state index is 0.0515. The van der Waals surface area contributed by atoms with Crippen LogP contribution in [-0.4, -0.2) is 22.5 Å². The van der Waals surface area contributed by atoms with Gasteiger partial charge in [-0.05, 0) is 24.6 Å². The highest BCUT2D eigenvalue weighted by atomic mass is 35.5. The molecule has 0 fully saturated rings. The van der Waals surface area contributed by atoms with E-state index in [4.69, 9.17) is 11.6 Å². The maximum absolute atomic E-state index is 11.9. The number of hydrazone groups is 1. The molecule has 2 aromatic rings. The molecular weight excluding hydrogens is 328 g/mol. The number of aromatic nitrogens is 1. The quantitative estimate of drug-likeness (QED) is 0.624. The zero-order valence-electron chi connectivity index (χ0n) is 13.1. The monoisotopic (exact) mass is 344 g/mol. The molecule has 0 spiro atoms. The Morgan fingerprint density at radius 2 is 1.88 bits per heavy atom. The van der Waals surface area contributed by atoms with Gasteiger partial charge in [-0.25, -0.2) is 10.4 Å². The highest BCUT2D eigenvalue weighted by molar-refractivity contribution is 6.30. The van der Waals surface area contributed by atoms with Crippen LogP contribution in [0.15, 0.2) is 53.8 Å². The number of carbonyl (C=O) groups is 2. The number of amides is 2. The zero-order valence-corrected chi connectivity index (χ0v) is 13.9. The molecule has 0 bridgehead atoms. The van der Waals surface area contributed by atoms with E-state index >= 15 is 0 Å². The molecule has 1 aromatic carbocycles. The number of nitrogens with one attached hydrogen (secondary N) is 2. The van der Waals surface area contributed by atoms with Crippen LogP contribution in [0.1, 0.15) is 18.9 Å². The Bertz CT molecular complexity index is 730. The van der Waals surface area contributed by atoms with Gasteiger partial charge < -0.3 is 5.32 Å². The van der Waals surface area contributed by atoms with Gasteiger partial charge in [0, 0.05) is 11.9 Å². The van der Waals surface area contributed by atoms with Crippen LogP contribution in [-0.2, 0) is 16.0 Å². The standard InChI is InChI=1S/C17H17ClN4O2/c1-12(9-16(23)20-15-8-7-14(18)11-19-15)21-22-17(24)10-13-5-3-2-4-6-13/h2-8,11H,9-10H2,1H3,(H,22,24)(H,19,20,23)/b21-12-. The van der Waals surface area contributed by atoms with Crippen LogP contribution in [0.3, 0.4) is 0 Å². The van der Waals surface area contributed by atoms with Gasteiger partial charge in [-0.3, -0.25) is 9.59 Å². The molecule has 24 heavy (non-hydrogen) atoms. The number of carbonyl (C=O) groups excluding carboxylic acids is 2. The topological polar surface area (TPSA) is 83.4 Å². The number of hydrogen-bond donors (Lipinski definition) is 2. The first kappa shape index (κ1) is 17.6. The molecule has 0 radical (unpaired) electrons. The fourth-order valence-electron chi connectivity index (χ4n) is 1.89. The van der Waals surface area contributed by atoms with E-state index in [1.807, 2.05) is 30.3 Å². The van der Waals surface area contributed by atoms with Crippen molar-refractivity contribution in [2.45, 2.75) is 19.8 Å². The van der Waals surface area contributed by atoms with Crippen molar-refractivity contribution in [3.8, 4) is 0 Å². The molecule has 0 atom stereocenters. The summed E-state index contributed by atoms with van der Waals surface area (Å²) in [6.45, 7) is 1.66. The van der Waals surface area contributed by atoms with E-state index in [0.717, 1.165) is 5.56 Å². The molecule has 2 N–H and O–H groups in total. The van der Waals surface area contributed by atoms with Crippen molar-refractivity contribution in [3.63, 3.8) is 0 Å². The fraction of sp³-hybridized carbons (Fsp3) is 0.176. The highest BCUT2D eigenvalue weighted by Gasteiger charge is 2.07. The molecule has 2 rings (SSSR count). The van der Waals surface area contributed by atoms with E-state index < -0.39 is 0 Å². The number of benzene rings is 1. The summed E-state index contributed by atoms with van der Waals surface area (Å²) in [5.74, 6) is -0.103. The van der Waals surface area contributed by atoms with E-state index in [-0.39, 0.29) is 24.7 Å². The first-order valence-corrected chi connectivity index (χ1v) is 7.68. The first-order chi connectivity index (χ1) is 11.5. The Labute approximate surface area is 144 Å². The first-order valence-electron chi connectivity index (χ1n) is 7.30. The van der Waals surface area contributed by atoms with Crippen LogP contribution < -0.4 is 10.7 Å². The van der Waals surface area contributed by atoms with Crippen molar-refractivity contribution < 1.29 is 9.59 Å². The molecule has 1 aromatic heterocycles. The van der Waals surface area contributed by atoms with Crippen molar-refractivity contribution in [1.82, 2.24) is 10.4 Å². The van der Waals surface area contributed by atoms with Crippen molar-refractivity contribution in [2.75, 3.05) is 5.32 Å². The number of hydrogen-bond acceptors (Lipinski definition) is 4. The van der Waals surface area contributed by atoms with Gasteiger partial charge in [-0.15, -0.1) is 0 Å². The normalized spacial score (nSPS) is 11.0. The van der Waals surface area contributed by atoms with Crippen LogP contribution >= 0.6 is 11.6 Å². The van der Waals surface area contributed by atoms with E-state index in [1.165, 1.54) is 6.20 Å². The number of anilines is 1. The van der Waals surface area contributed by atoms with Crippen LogP contribution in [0, 0.1) is 0 Å². The van der Waals surface area contributed by atoms with Crippen LogP contribution in [0.5, 0.6) is 0 Å². The molecule has 0 saturated carbocycles. The zero-order chi connectivity index (χ0) is 17.4. The average Bonchev–Trinajstić information content (AvgIpc) is 2.56. The van der Waals surface area contributed by atoms with Crippen molar-refractivity contribution in [1.29, 1.82) is 0 Å². The Kier molecular flexibility index (Phi) is 6.45. The van der Waals surface area contributed by atoms with Crippen LogP contribution in [0.4, 0.5) is 5.82 Å². The van der Waals surface area contributed by atoms with Gasteiger partial charge in [0.05, 0.1) is 17.9 Å². The molecule has 1 heterocycles. The second-order valence-electron chi connectivity index (χ2n) is 5.13. The molecule has 0 saturated heterocycles. The molecule has 0 aliphatic carbocycles. The summed E-state index contributed by atoms with van der Waals surface area (Å²) in [6.07, 6.45) is 1.73. The van der Waals surface area contributed by atoms with E-state index in [1.54, 1.807) is 19.1 Å². The summed E-state index contributed by atoms with van der Waals surface area (Å²) in [4.78, 5) is 27.6. The van der Waals surface area contributed by atoms with Crippen molar-refractivity contribution >= 4 is 34.9 Å². The van der Waals surface area contributed by atoms with Crippen molar-refractivity contribution in [3.05, 3.63) is 59.2 Å². The van der Waals surface area contributed by atoms with E-state index in [9.17, 15) is 9.59 Å². The van der Waals surface area contributed by atoms with Crippen LogP contribution in [0.2, 0.25) is 5.02 Å². The number of halogens is 1. The Hall–Kier alpha value is -2.73. The Morgan fingerprint density at radius 1 is 1.12 bits per heavy atom. The second-order valence-corrected chi connectivity index (χ2v) is 5.57. The summed E-state index contributed by atoms with van der Waals surface area (Å²) >= 11 is 5.73. The minimum Gasteiger partial charge on any atom is -0.310 e. The second kappa shape index (κ2) is 8.79. The molecular formula is C17H17ClN4O2. The predicted molar refractivity (Wildman–Crippen MR) is 93.9 cm³/mol. The van der Waals surface area contributed by atoms with Gasteiger partial charge in [0.25, 0.3) is 0 Å². The SMILES string of the molecule is C/C(CC(=O)Nc1ccc(Cl)cn1)=N/NC(=O)Cc1ccccc1. The lowest BCUT2D eigenvalue weighted by atomic mass is 10.1. The van der Waals surface area contributed by atoms with Gasteiger partial charge in [0.1, 0.15) is 5.82 Å². The Morgan fingerprint density at radius 3 is 2.54 bits per heavy atom. The molecule has 124 valence electrons. The van der Waals surface area contributed by atoms with Crippen LogP contribution in [0.25, 0.3) is 0 Å². The molecule has 2 amide bonds. The third kappa shape index (κ3) is 6.18. The highest BCUT2D eigenvalue weighted by Crippen LogP contribution is 2.09. The molecule has 0 aliphatic heterocycles. The smallest absolute Gasteiger partial charge is 0.244 e. The van der Waals surface area contributed by atoms with Gasteiger partial charge in [-0.1, -0.05) is 41.9 Å². The summed E-state index contributed by atoms with van der Waals surface area (Å²) in [7, 11) is 0. The lowest BCUT2D eigenvalue weighted by Gasteiger charge is -2.05. The van der Waals surface area contributed by atoms with Gasteiger partial charge in [0.2, 0.25) is 11.8 Å². The summed E-state index contributed by atoms with van der Waals surface area (Å²) in [5.41, 5.74) is 3.83. The number of nitrogens with zero attached hydrogens (tertiary/aromatic N) is 2. The Balaban J connectivity index is 1.79. The minimum atomic E-state index is -0.275. The van der Waals surface area contributed by atoms with Gasteiger partial charge in [-0.2, -0.15) is 5.10 Å². The fourth-order valence-corrected chi connectivity index (χ4v) is 2.00. The molecule has 0 unspecified atom stereocenters. The molecule has 0 aliphatic rings. The summed E-state index contributed by atoms with van der Waals surface area (Å²) in [6, 6.07) is 12.6. The van der Waals surface area contributed by atoms with E-state index in [2.05, 4.69) is 20.8 Å². The largest absolute Gasteiger partial charge is 0.310 e. The third-order valence-electron chi connectivity index (χ3n) is 2.99.